The molecule has 25 heavy (non-hydrogen) atoms. The fraction of sp³-hybridized carbons (Fsp3) is 0.611. The summed E-state index contributed by atoms with van der Waals surface area (Å²) in [6.07, 6.45) is -0.0310. The Hall–Kier alpha value is -1.60. The average Bonchev–Trinajstić information content (AvgIpc) is 3.43. The fourth-order valence-corrected chi connectivity index (χ4v) is 2.69. The van der Waals surface area contributed by atoms with Crippen molar-refractivity contribution in [1.82, 2.24) is 10.2 Å². The van der Waals surface area contributed by atoms with Gasteiger partial charge in [-0.2, -0.15) is 13.2 Å². The van der Waals surface area contributed by atoms with Gasteiger partial charge in [0.2, 0.25) is 0 Å². The van der Waals surface area contributed by atoms with Crippen molar-refractivity contribution in [2.24, 2.45) is 0 Å². The second-order valence-electron chi connectivity index (χ2n) is 6.81. The van der Waals surface area contributed by atoms with Gasteiger partial charge in [-0.1, -0.05) is 12.1 Å². The first kappa shape index (κ1) is 18.2. The van der Waals surface area contributed by atoms with E-state index >= 15 is 0 Å². The molecular formula is C18H23F3N2O2. The molecule has 7 heteroatoms. The van der Waals surface area contributed by atoms with Gasteiger partial charge in [-0.15, -0.1) is 0 Å². The molecule has 0 radical (unpaired) electrons. The van der Waals surface area contributed by atoms with Crippen LogP contribution in [-0.2, 0) is 11.3 Å². The zero-order valence-electron chi connectivity index (χ0n) is 14.0. The van der Waals surface area contributed by atoms with Crippen molar-refractivity contribution in [3.05, 3.63) is 35.4 Å². The molecule has 0 aliphatic heterocycles. The highest BCUT2D eigenvalue weighted by Gasteiger charge is 2.30. The molecule has 0 spiro atoms. The molecule has 0 aromatic heterocycles. The van der Waals surface area contributed by atoms with Gasteiger partial charge in [0.15, 0.2) is 0 Å². The van der Waals surface area contributed by atoms with Crippen molar-refractivity contribution in [2.45, 2.75) is 50.5 Å². The first-order valence-electron chi connectivity index (χ1n) is 8.69. The number of amides is 1. The van der Waals surface area contributed by atoms with Crippen LogP contribution in [-0.4, -0.2) is 48.8 Å². The molecule has 2 aliphatic rings. The van der Waals surface area contributed by atoms with E-state index in [0.717, 1.165) is 31.2 Å². The van der Waals surface area contributed by atoms with Gasteiger partial charge >= 0.3 is 6.18 Å². The van der Waals surface area contributed by atoms with Crippen LogP contribution >= 0.6 is 0 Å². The van der Waals surface area contributed by atoms with Gasteiger partial charge in [-0.3, -0.25) is 9.69 Å². The van der Waals surface area contributed by atoms with E-state index in [4.69, 9.17) is 4.74 Å². The van der Waals surface area contributed by atoms with Crippen molar-refractivity contribution in [3.8, 4) is 0 Å². The molecule has 0 saturated heterocycles. The maximum atomic E-state index is 12.1. The Labute approximate surface area is 145 Å². The van der Waals surface area contributed by atoms with E-state index in [9.17, 15) is 18.0 Å². The smallest absolute Gasteiger partial charge is 0.371 e. The molecule has 2 saturated carbocycles. The van der Waals surface area contributed by atoms with Gasteiger partial charge < -0.3 is 10.1 Å². The van der Waals surface area contributed by atoms with E-state index in [1.54, 1.807) is 12.1 Å². The number of hydrogen-bond acceptors (Lipinski definition) is 3. The van der Waals surface area contributed by atoms with E-state index in [2.05, 4.69) is 10.2 Å². The summed E-state index contributed by atoms with van der Waals surface area (Å²) in [7, 11) is 0. The summed E-state index contributed by atoms with van der Waals surface area (Å²) >= 11 is 0. The van der Waals surface area contributed by atoms with Crippen LogP contribution in [0.4, 0.5) is 13.2 Å². The SMILES string of the molecule is O=C(NC1CC1)c1ccc(CN(CCOCC(F)(F)F)C2CC2)cc1. The predicted molar refractivity (Wildman–Crippen MR) is 87.2 cm³/mol. The summed E-state index contributed by atoms with van der Waals surface area (Å²) in [6, 6.07) is 8.18. The predicted octanol–water partition coefficient (Wildman–Crippen LogP) is 3.12. The van der Waals surface area contributed by atoms with Gasteiger partial charge in [-0.25, -0.2) is 0 Å². The Morgan fingerprint density at radius 1 is 1.16 bits per heavy atom. The minimum atomic E-state index is -4.28. The van der Waals surface area contributed by atoms with Gasteiger partial charge in [-0.05, 0) is 43.4 Å². The number of carbonyl (C=O) groups is 1. The van der Waals surface area contributed by atoms with E-state index in [1.807, 2.05) is 12.1 Å². The summed E-state index contributed by atoms with van der Waals surface area (Å²) in [4.78, 5) is 14.1. The third kappa shape index (κ3) is 6.32. The number of carbonyl (C=O) groups excluding carboxylic acids is 1. The number of hydrogen-bond donors (Lipinski definition) is 1. The number of ether oxygens (including phenoxy) is 1. The van der Waals surface area contributed by atoms with Crippen LogP contribution in [0.15, 0.2) is 24.3 Å². The van der Waals surface area contributed by atoms with Crippen molar-refractivity contribution < 1.29 is 22.7 Å². The Kier molecular flexibility index (Phi) is 5.64. The molecule has 0 atom stereocenters. The average molecular weight is 356 g/mol. The van der Waals surface area contributed by atoms with Crippen LogP contribution in [0.1, 0.15) is 41.6 Å². The number of halogens is 3. The molecule has 4 nitrogen and oxygen atoms in total. The Bertz CT molecular complexity index is 581. The van der Waals surface area contributed by atoms with Gasteiger partial charge in [0, 0.05) is 30.7 Å². The van der Waals surface area contributed by atoms with Crippen molar-refractivity contribution in [2.75, 3.05) is 19.8 Å². The van der Waals surface area contributed by atoms with Crippen LogP contribution in [0.3, 0.4) is 0 Å². The van der Waals surface area contributed by atoms with Crippen molar-refractivity contribution in [1.29, 1.82) is 0 Å². The quantitative estimate of drug-likeness (QED) is 0.691. The molecule has 1 aromatic rings. The third-order valence-corrected chi connectivity index (χ3v) is 4.37. The number of benzene rings is 1. The first-order valence-corrected chi connectivity index (χ1v) is 8.69. The molecule has 2 fully saturated rings. The maximum Gasteiger partial charge on any atom is 0.411 e. The number of nitrogens with zero attached hydrogens (tertiary/aromatic N) is 1. The Morgan fingerprint density at radius 3 is 2.40 bits per heavy atom. The summed E-state index contributed by atoms with van der Waals surface area (Å²) in [6.45, 7) is 0.00340. The molecule has 0 heterocycles. The lowest BCUT2D eigenvalue weighted by Crippen LogP contribution is -2.30. The highest BCUT2D eigenvalue weighted by molar-refractivity contribution is 5.94. The lowest BCUT2D eigenvalue weighted by molar-refractivity contribution is -0.174. The van der Waals surface area contributed by atoms with E-state index in [-0.39, 0.29) is 12.5 Å². The first-order chi connectivity index (χ1) is 11.9. The lowest BCUT2D eigenvalue weighted by Gasteiger charge is -2.22. The number of nitrogens with one attached hydrogen (secondary N) is 1. The molecule has 1 amide bonds. The standard InChI is InChI=1S/C18H23F3N2O2/c19-18(20,21)12-25-10-9-23(16-7-8-16)11-13-1-3-14(4-2-13)17(24)22-15-5-6-15/h1-4,15-16H,5-12H2,(H,22,24). The van der Waals surface area contributed by atoms with E-state index in [1.165, 1.54) is 0 Å². The van der Waals surface area contributed by atoms with Gasteiger partial charge in [0.25, 0.3) is 5.91 Å². The minimum Gasteiger partial charge on any atom is -0.371 e. The molecule has 1 N–H and O–H groups in total. The largest absolute Gasteiger partial charge is 0.411 e. The second kappa shape index (κ2) is 7.74. The van der Waals surface area contributed by atoms with Crippen LogP contribution in [0, 0.1) is 0 Å². The maximum absolute atomic E-state index is 12.1. The van der Waals surface area contributed by atoms with Gasteiger partial charge in [0.1, 0.15) is 6.61 Å². The second-order valence-corrected chi connectivity index (χ2v) is 6.81. The summed E-state index contributed by atoms with van der Waals surface area (Å²) in [5.74, 6) is -0.0475. The molecule has 138 valence electrons. The van der Waals surface area contributed by atoms with Crippen molar-refractivity contribution in [3.63, 3.8) is 0 Å². The minimum absolute atomic E-state index is 0.0475. The van der Waals surface area contributed by atoms with Crippen LogP contribution in [0.25, 0.3) is 0 Å². The molecule has 0 bridgehead atoms. The van der Waals surface area contributed by atoms with Crippen LogP contribution in [0.2, 0.25) is 0 Å². The van der Waals surface area contributed by atoms with Gasteiger partial charge in [0.05, 0.1) is 6.61 Å². The van der Waals surface area contributed by atoms with Crippen LogP contribution in [0.5, 0.6) is 0 Å². The highest BCUT2D eigenvalue weighted by atomic mass is 19.4. The zero-order valence-corrected chi connectivity index (χ0v) is 14.0. The van der Waals surface area contributed by atoms with E-state index < -0.39 is 12.8 Å². The number of rotatable bonds is 9. The molecule has 0 unspecified atom stereocenters. The van der Waals surface area contributed by atoms with E-state index in [0.29, 0.717) is 30.7 Å². The molecule has 3 rings (SSSR count). The highest BCUT2D eigenvalue weighted by Crippen LogP contribution is 2.28. The van der Waals surface area contributed by atoms with Crippen LogP contribution < -0.4 is 5.32 Å². The molecule has 2 aliphatic carbocycles. The number of alkyl halides is 3. The topological polar surface area (TPSA) is 41.6 Å². The molecule has 1 aromatic carbocycles. The van der Waals surface area contributed by atoms with Crippen molar-refractivity contribution >= 4 is 5.91 Å². The third-order valence-electron chi connectivity index (χ3n) is 4.37. The Morgan fingerprint density at radius 2 is 1.84 bits per heavy atom. The summed E-state index contributed by atoms with van der Waals surface area (Å²) in [5.41, 5.74) is 1.69. The summed E-state index contributed by atoms with van der Waals surface area (Å²) in [5, 5.41) is 2.95. The lowest BCUT2D eigenvalue weighted by atomic mass is 10.1. The zero-order chi connectivity index (χ0) is 17.9. The Balaban J connectivity index is 1.47. The fourth-order valence-electron chi connectivity index (χ4n) is 2.69. The monoisotopic (exact) mass is 356 g/mol. The normalized spacial score (nSPS) is 17.8. The summed E-state index contributed by atoms with van der Waals surface area (Å²) < 4.78 is 41.1. The molecular weight excluding hydrogens is 333 g/mol.